The standard InChI is InChI=1S/C24H24FN3O6/c25-19-10-15(9-17-18(19)12-27(23(17)31)13-22(29)30)28-7-5-20(24(28)32)34-16-3-4-21(26-11-16)33-8-6-14-1-2-14/h3-4,9-11,14,20H,1-2,5-8,12-13H2,(H,29,30). The van der Waals surface area contributed by atoms with E-state index in [-0.39, 0.29) is 29.3 Å². The maximum Gasteiger partial charge on any atom is 0.323 e. The highest BCUT2D eigenvalue weighted by atomic mass is 19.1. The van der Waals surface area contributed by atoms with Gasteiger partial charge in [-0.05, 0) is 30.5 Å². The van der Waals surface area contributed by atoms with Gasteiger partial charge in [0.25, 0.3) is 11.8 Å². The fourth-order valence-corrected chi connectivity index (χ4v) is 4.30. The second kappa shape index (κ2) is 8.92. The zero-order valence-corrected chi connectivity index (χ0v) is 18.4. The van der Waals surface area contributed by atoms with Crippen molar-refractivity contribution in [1.29, 1.82) is 0 Å². The number of benzene rings is 1. The summed E-state index contributed by atoms with van der Waals surface area (Å²) in [6.45, 7) is 0.297. The van der Waals surface area contributed by atoms with Crippen LogP contribution in [0, 0.1) is 11.7 Å². The second-order valence-corrected chi connectivity index (χ2v) is 8.81. The molecule has 5 rings (SSSR count). The van der Waals surface area contributed by atoms with Crippen LogP contribution in [0.5, 0.6) is 11.6 Å². The van der Waals surface area contributed by atoms with E-state index in [1.54, 1.807) is 12.1 Å². The quantitative estimate of drug-likeness (QED) is 0.601. The lowest BCUT2D eigenvalue weighted by atomic mass is 10.1. The Bertz CT molecular complexity index is 1130. The Morgan fingerprint density at radius 1 is 1.21 bits per heavy atom. The summed E-state index contributed by atoms with van der Waals surface area (Å²) < 4.78 is 26.1. The molecular formula is C24H24FN3O6. The number of carboxylic acid groups (broad SMARTS) is 1. The van der Waals surface area contributed by atoms with E-state index in [2.05, 4.69) is 4.98 Å². The van der Waals surface area contributed by atoms with Crippen LogP contribution >= 0.6 is 0 Å². The molecule has 1 unspecified atom stereocenters. The minimum atomic E-state index is -1.18. The van der Waals surface area contributed by atoms with Crippen molar-refractivity contribution in [1.82, 2.24) is 9.88 Å². The van der Waals surface area contributed by atoms with E-state index in [4.69, 9.17) is 14.6 Å². The smallest absolute Gasteiger partial charge is 0.323 e. The lowest BCUT2D eigenvalue weighted by Gasteiger charge is -2.18. The van der Waals surface area contributed by atoms with E-state index in [1.807, 2.05) is 0 Å². The molecule has 1 saturated carbocycles. The van der Waals surface area contributed by atoms with Crippen molar-refractivity contribution in [2.24, 2.45) is 5.92 Å². The van der Waals surface area contributed by atoms with E-state index in [0.29, 0.717) is 31.2 Å². The Kier molecular flexibility index (Phi) is 5.80. The number of fused-ring (bicyclic) bond motifs is 1. The van der Waals surface area contributed by atoms with Gasteiger partial charge >= 0.3 is 5.97 Å². The first-order valence-corrected chi connectivity index (χ1v) is 11.3. The van der Waals surface area contributed by atoms with Crippen LogP contribution in [0.3, 0.4) is 0 Å². The van der Waals surface area contributed by atoms with Crippen LogP contribution in [0.1, 0.15) is 41.6 Å². The molecular weight excluding hydrogens is 445 g/mol. The van der Waals surface area contributed by atoms with E-state index in [0.717, 1.165) is 17.2 Å². The van der Waals surface area contributed by atoms with Gasteiger partial charge in [0.2, 0.25) is 5.88 Å². The largest absolute Gasteiger partial charge is 0.480 e. The first-order chi connectivity index (χ1) is 16.4. The molecule has 1 aromatic heterocycles. The van der Waals surface area contributed by atoms with Crippen molar-refractivity contribution in [3.8, 4) is 11.6 Å². The molecule has 3 aliphatic rings. The van der Waals surface area contributed by atoms with E-state index in [9.17, 15) is 18.8 Å². The average molecular weight is 469 g/mol. The normalized spacial score (nSPS) is 19.5. The summed E-state index contributed by atoms with van der Waals surface area (Å²) in [6, 6.07) is 6.04. The van der Waals surface area contributed by atoms with Crippen LogP contribution in [-0.2, 0) is 16.1 Å². The van der Waals surface area contributed by atoms with Gasteiger partial charge in [-0.2, -0.15) is 0 Å². The van der Waals surface area contributed by atoms with Gasteiger partial charge in [0, 0.05) is 35.8 Å². The molecule has 178 valence electrons. The summed E-state index contributed by atoms with van der Waals surface area (Å²) >= 11 is 0. The van der Waals surface area contributed by atoms with Gasteiger partial charge in [0.05, 0.1) is 19.3 Å². The molecule has 2 amide bonds. The summed E-state index contributed by atoms with van der Waals surface area (Å²) in [7, 11) is 0. The third-order valence-corrected chi connectivity index (χ3v) is 6.30. The molecule has 1 saturated heterocycles. The number of hydrogen-bond donors (Lipinski definition) is 1. The Labute approximate surface area is 195 Å². The number of pyridine rings is 1. The Morgan fingerprint density at radius 2 is 2.03 bits per heavy atom. The zero-order chi connectivity index (χ0) is 23.8. The van der Waals surface area contributed by atoms with Crippen molar-refractivity contribution in [3.05, 3.63) is 47.4 Å². The lowest BCUT2D eigenvalue weighted by Crippen LogP contribution is -2.32. The number of aliphatic carboxylic acids is 1. The Balaban J connectivity index is 1.23. The van der Waals surface area contributed by atoms with Gasteiger partial charge < -0.3 is 24.4 Å². The molecule has 2 fully saturated rings. The second-order valence-electron chi connectivity index (χ2n) is 8.81. The third kappa shape index (κ3) is 4.52. The number of amides is 2. The monoisotopic (exact) mass is 469 g/mol. The number of hydrogen-bond acceptors (Lipinski definition) is 6. The van der Waals surface area contributed by atoms with Crippen LogP contribution in [0.4, 0.5) is 10.1 Å². The minimum Gasteiger partial charge on any atom is -0.480 e. The lowest BCUT2D eigenvalue weighted by molar-refractivity contribution is -0.137. The molecule has 1 atom stereocenters. The van der Waals surface area contributed by atoms with Crippen molar-refractivity contribution >= 4 is 23.5 Å². The van der Waals surface area contributed by atoms with Crippen LogP contribution < -0.4 is 14.4 Å². The number of aromatic nitrogens is 1. The van der Waals surface area contributed by atoms with Gasteiger partial charge in [0.1, 0.15) is 18.1 Å². The highest BCUT2D eigenvalue weighted by molar-refractivity contribution is 6.03. The van der Waals surface area contributed by atoms with E-state index >= 15 is 0 Å². The number of carbonyl (C=O) groups is 3. The molecule has 1 aromatic carbocycles. The number of ether oxygens (including phenoxy) is 2. The Hall–Kier alpha value is -3.69. The number of carboxylic acids is 1. The molecule has 2 aromatic rings. The summed E-state index contributed by atoms with van der Waals surface area (Å²) in [4.78, 5) is 43.1. The third-order valence-electron chi connectivity index (χ3n) is 6.30. The zero-order valence-electron chi connectivity index (χ0n) is 18.4. The molecule has 2 aliphatic heterocycles. The van der Waals surface area contributed by atoms with Crippen molar-refractivity contribution < 1.29 is 33.4 Å². The number of anilines is 1. The molecule has 0 spiro atoms. The summed E-state index contributed by atoms with van der Waals surface area (Å²) in [5, 5.41) is 8.96. The number of halogens is 1. The summed E-state index contributed by atoms with van der Waals surface area (Å²) in [6.07, 6.45) is 4.70. The molecule has 34 heavy (non-hydrogen) atoms. The molecule has 0 radical (unpaired) electrons. The fourth-order valence-electron chi connectivity index (χ4n) is 4.30. The molecule has 9 nitrogen and oxygen atoms in total. The molecule has 10 heteroatoms. The molecule has 3 heterocycles. The summed E-state index contributed by atoms with van der Waals surface area (Å²) in [5.41, 5.74) is 0.463. The predicted octanol–water partition coefficient (Wildman–Crippen LogP) is 2.62. The van der Waals surface area contributed by atoms with Gasteiger partial charge in [0.15, 0.2) is 6.10 Å². The van der Waals surface area contributed by atoms with Crippen LogP contribution in [0.2, 0.25) is 0 Å². The SMILES string of the molecule is O=C(O)CN1Cc2c(F)cc(N3CCC(Oc4ccc(OCCC5CC5)nc4)C3=O)cc2C1=O. The first kappa shape index (κ1) is 22.1. The predicted molar refractivity (Wildman–Crippen MR) is 117 cm³/mol. The maximum atomic E-state index is 14.7. The minimum absolute atomic E-state index is 0.0786. The van der Waals surface area contributed by atoms with E-state index < -0.39 is 30.3 Å². The maximum absolute atomic E-state index is 14.7. The van der Waals surface area contributed by atoms with E-state index in [1.165, 1.54) is 36.1 Å². The van der Waals surface area contributed by atoms with Gasteiger partial charge in [-0.15, -0.1) is 0 Å². The van der Waals surface area contributed by atoms with Crippen LogP contribution in [0.25, 0.3) is 0 Å². The number of carbonyl (C=O) groups excluding carboxylic acids is 2. The average Bonchev–Trinajstić information content (AvgIpc) is 3.49. The highest BCUT2D eigenvalue weighted by Gasteiger charge is 2.37. The van der Waals surface area contributed by atoms with Gasteiger partial charge in [-0.1, -0.05) is 12.8 Å². The molecule has 0 bridgehead atoms. The molecule has 1 N–H and O–H groups in total. The van der Waals surface area contributed by atoms with Gasteiger partial charge in [-0.3, -0.25) is 14.4 Å². The number of rotatable bonds is 9. The fraction of sp³-hybridized carbons (Fsp3) is 0.417. The van der Waals surface area contributed by atoms with Gasteiger partial charge in [-0.25, -0.2) is 9.37 Å². The summed E-state index contributed by atoms with van der Waals surface area (Å²) in [5.74, 6) is -1.03. The first-order valence-electron chi connectivity index (χ1n) is 11.3. The highest BCUT2D eigenvalue weighted by Crippen LogP contribution is 2.33. The Morgan fingerprint density at radius 3 is 2.74 bits per heavy atom. The van der Waals surface area contributed by atoms with Crippen LogP contribution in [0.15, 0.2) is 30.5 Å². The molecule has 1 aliphatic carbocycles. The van der Waals surface area contributed by atoms with Crippen LogP contribution in [-0.4, -0.2) is 58.6 Å². The van der Waals surface area contributed by atoms with Crippen molar-refractivity contribution in [3.63, 3.8) is 0 Å². The number of nitrogens with zero attached hydrogens (tertiary/aromatic N) is 3. The topological polar surface area (TPSA) is 109 Å². The van der Waals surface area contributed by atoms with Crippen molar-refractivity contribution in [2.75, 3.05) is 24.6 Å². The van der Waals surface area contributed by atoms with Crippen molar-refractivity contribution in [2.45, 2.75) is 38.3 Å².